The number of hydrogen-bond acceptors (Lipinski definition) is 3. The Kier molecular flexibility index (Phi) is 6.08. The van der Waals surface area contributed by atoms with Crippen molar-refractivity contribution in [2.24, 2.45) is 0 Å². The third-order valence-corrected chi connectivity index (χ3v) is 5.28. The van der Waals surface area contributed by atoms with Gasteiger partial charge in [-0.25, -0.2) is 0 Å². The largest absolute Gasteiger partial charge is 0.489 e. The van der Waals surface area contributed by atoms with Crippen molar-refractivity contribution < 1.29 is 9.53 Å². The second-order valence-electron chi connectivity index (χ2n) is 6.35. The number of nitrogens with one attached hydrogen (secondary N) is 1. The first-order valence-electron chi connectivity index (χ1n) is 8.71. The van der Waals surface area contributed by atoms with Crippen LogP contribution in [0, 0.1) is 13.8 Å². The summed E-state index contributed by atoms with van der Waals surface area (Å²) in [6.07, 6.45) is 0.834. The van der Waals surface area contributed by atoms with E-state index in [1.165, 1.54) is 28.0 Å². The molecule has 0 bridgehead atoms. The van der Waals surface area contributed by atoms with Gasteiger partial charge in [0.05, 0.1) is 4.88 Å². The van der Waals surface area contributed by atoms with Gasteiger partial charge in [0.15, 0.2) is 0 Å². The Bertz CT molecular complexity index is 871. The zero-order valence-electron chi connectivity index (χ0n) is 15.1. The normalized spacial score (nSPS) is 10.5. The molecule has 0 radical (unpaired) electrons. The van der Waals surface area contributed by atoms with Crippen LogP contribution in [-0.2, 0) is 13.0 Å². The van der Waals surface area contributed by atoms with E-state index in [4.69, 9.17) is 4.74 Å². The van der Waals surface area contributed by atoms with Gasteiger partial charge in [-0.05, 0) is 60.5 Å². The average Bonchev–Trinajstić information content (AvgIpc) is 3.13. The van der Waals surface area contributed by atoms with Gasteiger partial charge < -0.3 is 10.1 Å². The van der Waals surface area contributed by atoms with Crippen LogP contribution in [0.3, 0.4) is 0 Å². The molecular weight excluding hydrogens is 342 g/mol. The number of rotatable bonds is 7. The van der Waals surface area contributed by atoms with Crippen molar-refractivity contribution in [3.63, 3.8) is 0 Å². The first-order valence-corrected chi connectivity index (χ1v) is 9.59. The molecule has 1 N–H and O–H groups in total. The summed E-state index contributed by atoms with van der Waals surface area (Å²) in [6.45, 7) is 5.26. The van der Waals surface area contributed by atoms with Crippen LogP contribution < -0.4 is 10.1 Å². The van der Waals surface area contributed by atoms with Crippen molar-refractivity contribution >= 4 is 17.2 Å². The number of thiophene rings is 1. The van der Waals surface area contributed by atoms with Gasteiger partial charge in [0.2, 0.25) is 0 Å². The number of amides is 1. The molecule has 3 rings (SSSR count). The Hall–Kier alpha value is -2.59. The molecule has 0 aliphatic heterocycles. The summed E-state index contributed by atoms with van der Waals surface area (Å²) >= 11 is 1.45. The monoisotopic (exact) mass is 365 g/mol. The molecule has 0 atom stereocenters. The van der Waals surface area contributed by atoms with E-state index in [-0.39, 0.29) is 5.91 Å². The van der Waals surface area contributed by atoms with E-state index in [9.17, 15) is 4.79 Å². The maximum Gasteiger partial charge on any atom is 0.261 e. The van der Waals surface area contributed by atoms with Crippen LogP contribution in [0.5, 0.6) is 5.75 Å². The summed E-state index contributed by atoms with van der Waals surface area (Å²) in [5.74, 6) is 0.830. The molecule has 0 aliphatic carbocycles. The minimum absolute atomic E-state index is 0.0247. The number of carbonyl (C=O) groups excluding carboxylic acids is 1. The number of aryl methyl sites for hydroxylation is 2. The summed E-state index contributed by atoms with van der Waals surface area (Å²) in [7, 11) is 0. The number of hydrogen-bond donors (Lipinski definition) is 1. The van der Waals surface area contributed by atoms with E-state index >= 15 is 0 Å². The second-order valence-corrected chi connectivity index (χ2v) is 7.26. The molecule has 134 valence electrons. The maximum atomic E-state index is 12.3. The lowest BCUT2D eigenvalue weighted by Crippen LogP contribution is -2.24. The molecule has 0 saturated heterocycles. The van der Waals surface area contributed by atoms with Gasteiger partial charge in [-0.15, -0.1) is 11.3 Å². The fourth-order valence-electron chi connectivity index (χ4n) is 2.59. The van der Waals surface area contributed by atoms with Gasteiger partial charge in [-0.1, -0.05) is 36.4 Å². The highest BCUT2D eigenvalue weighted by molar-refractivity contribution is 7.12. The lowest BCUT2D eigenvalue weighted by Gasteiger charge is -2.07. The van der Waals surface area contributed by atoms with Gasteiger partial charge in [-0.2, -0.15) is 0 Å². The van der Waals surface area contributed by atoms with Crippen LogP contribution >= 0.6 is 11.3 Å². The van der Waals surface area contributed by atoms with Gasteiger partial charge in [0.1, 0.15) is 12.4 Å². The number of benzene rings is 2. The molecule has 26 heavy (non-hydrogen) atoms. The lowest BCUT2D eigenvalue weighted by molar-refractivity contribution is 0.0958. The maximum absolute atomic E-state index is 12.3. The summed E-state index contributed by atoms with van der Waals surface area (Å²) in [6, 6.07) is 18.1. The molecule has 1 amide bonds. The highest BCUT2D eigenvalue weighted by Crippen LogP contribution is 2.20. The van der Waals surface area contributed by atoms with Crippen LogP contribution in [0.4, 0.5) is 0 Å². The van der Waals surface area contributed by atoms with Crippen LogP contribution in [0.2, 0.25) is 0 Å². The third kappa shape index (κ3) is 4.96. The second kappa shape index (κ2) is 8.68. The molecule has 2 aromatic carbocycles. The van der Waals surface area contributed by atoms with Gasteiger partial charge in [0, 0.05) is 12.1 Å². The Morgan fingerprint density at radius 2 is 1.81 bits per heavy atom. The van der Waals surface area contributed by atoms with Crippen molar-refractivity contribution in [2.75, 3.05) is 6.54 Å². The van der Waals surface area contributed by atoms with Crippen molar-refractivity contribution in [1.29, 1.82) is 0 Å². The van der Waals surface area contributed by atoms with E-state index in [1.807, 2.05) is 41.8 Å². The Morgan fingerprint density at radius 1 is 1.00 bits per heavy atom. The fourth-order valence-corrected chi connectivity index (χ4v) is 3.41. The smallest absolute Gasteiger partial charge is 0.261 e. The van der Waals surface area contributed by atoms with E-state index in [2.05, 4.69) is 37.4 Å². The predicted molar refractivity (Wildman–Crippen MR) is 107 cm³/mol. The van der Waals surface area contributed by atoms with Gasteiger partial charge in [0.25, 0.3) is 5.91 Å². The molecule has 3 nitrogen and oxygen atoms in total. The molecule has 0 unspecified atom stereocenters. The molecule has 0 saturated carbocycles. The summed E-state index contributed by atoms with van der Waals surface area (Å²) in [4.78, 5) is 13.0. The van der Waals surface area contributed by atoms with E-state index in [1.54, 1.807) is 0 Å². The van der Waals surface area contributed by atoms with Gasteiger partial charge in [-0.3, -0.25) is 4.79 Å². The Morgan fingerprint density at radius 3 is 2.58 bits per heavy atom. The first-order chi connectivity index (χ1) is 12.6. The zero-order valence-corrected chi connectivity index (χ0v) is 15.9. The van der Waals surface area contributed by atoms with Crippen molar-refractivity contribution in [1.82, 2.24) is 5.32 Å². The van der Waals surface area contributed by atoms with Gasteiger partial charge >= 0.3 is 0 Å². The quantitative estimate of drug-likeness (QED) is 0.646. The van der Waals surface area contributed by atoms with Crippen molar-refractivity contribution in [3.05, 3.63) is 87.1 Å². The molecule has 1 heterocycles. The predicted octanol–water partition coefficient (Wildman–Crippen LogP) is 4.92. The Labute approximate surface area is 158 Å². The summed E-state index contributed by atoms with van der Waals surface area (Å²) < 4.78 is 5.83. The summed E-state index contributed by atoms with van der Waals surface area (Å²) in [5.41, 5.74) is 4.71. The van der Waals surface area contributed by atoms with Crippen molar-refractivity contribution in [2.45, 2.75) is 26.9 Å². The number of carbonyl (C=O) groups is 1. The highest BCUT2D eigenvalue weighted by atomic mass is 32.1. The molecule has 3 aromatic rings. The third-order valence-electron chi connectivity index (χ3n) is 4.30. The summed E-state index contributed by atoms with van der Waals surface area (Å²) in [5, 5.41) is 4.96. The van der Waals surface area contributed by atoms with Crippen LogP contribution in [0.15, 0.2) is 60.0 Å². The van der Waals surface area contributed by atoms with E-state index < -0.39 is 0 Å². The minimum atomic E-state index is -0.0247. The SMILES string of the molecule is Cc1ccc(OCc2csc(C(=O)NCCc3ccccc3)c2)cc1C. The molecule has 0 spiro atoms. The fraction of sp³-hybridized carbons (Fsp3) is 0.227. The minimum Gasteiger partial charge on any atom is -0.489 e. The molecular formula is C22H23NO2S. The highest BCUT2D eigenvalue weighted by Gasteiger charge is 2.09. The molecule has 4 heteroatoms. The first kappa shape index (κ1) is 18.2. The van der Waals surface area contributed by atoms with Crippen LogP contribution in [0.1, 0.15) is 31.9 Å². The molecule has 0 aliphatic rings. The average molecular weight is 365 g/mol. The van der Waals surface area contributed by atoms with Crippen LogP contribution in [-0.4, -0.2) is 12.5 Å². The lowest BCUT2D eigenvalue weighted by atomic mass is 10.1. The Balaban J connectivity index is 1.48. The van der Waals surface area contributed by atoms with E-state index in [0.29, 0.717) is 13.2 Å². The topological polar surface area (TPSA) is 38.3 Å². The molecule has 1 aromatic heterocycles. The van der Waals surface area contributed by atoms with Crippen molar-refractivity contribution in [3.8, 4) is 5.75 Å². The number of ether oxygens (including phenoxy) is 1. The van der Waals surface area contributed by atoms with Crippen LogP contribution in [0.25, 0.3) is 0 Å². The molecule has 0 fully saturated rings. The van der Waals surface area contributed by atoms with E-state index in [0.717, 1.165) is 22.6 Å². The standard InChI is InChI=1S/C22H23NO2S/c1-16-8-9-20(12-17(16)2)25-14-19-13-21(26-15-19)22(24)23-11-10-18-6-4-3-5-7-18/h3-9,12-13,15H,10-11,14H2,1-2H3,(H,23,24). The zero-order chi connectivity index (χ0) is 18.4.